The number of hydrogen-bond donors (Lipinski definition) is 12. The first-order chi connectivity index (χ1) is 42.7. The monoisotopic (exact) mass is 1390 g/mol. The summed E-state index contributed by atoms with van der Waals surface area (Å²) in [6, 6.07) is 12.1. The number of ether oxygens (including phenoxy) is 4. The Morgan fingerprint density at radius 3 is 1.04 bits per heavy atom. The third-order valence-corrected chi connectivity index (χ3v) is 13.5. The fourth-order valence-electron chi connectivity index (χ4n) is 7.96. The number of alkyl carbamates (subject to hydrolysis) is 3. The summed E-state index contributed by atoms with van der Waals surface area (Å²) in [6.45, 7) is 18.9. The maximum atomic E-state index is 13.3. The van der Waals surface area contributed by atoms with Gasteiger partial charge in [0.05, 0.1) is 12.6 Å². The van der Waals surface area contributed by atoms with Gasteiger partial charge in [0.15, 0.2) is 5.11 Å². The molecule has 4 aromatic carbocycles. The molecule has 4 amide bonds. The van der Waals surface area contributed by atoms with E-state index >= 15 is 0 Å². The molecule has 18 nitrogen and oxygen atoms in total. The third kappa shape index (κ3) is 42.4. The van der Waals surface area contributed by atoms with Gasteiger partial charge in [-0.1, -0.05) is 0 Å². The summed E-state index contributed by atoms with van der Waals surface area (Å²) in [7, 11) is 6.03. The van der Waals surface area contributed by atoms with Crippen LogP contribution in [0, 0.1) is 46.5 Å². The van der Waals surface area contributed by atoms with E-state index in [1.54, 1.807) is 88.2 Å². The van der Waals surface area contributed by atoms with Gasteiger partial charge >= 0.3 is 18.3 Å². The van der Waals surface area contributed by atoms with E-state index < -0.39 is 87.7 Å². The number of hydrogen-bond acceptors (Lipinski definition) is 16. The number of carbonyl (C=O) groups is 4. The lowest BCUT2D eigenvalue weighted by Crippen LogP contribution is -2.47. The van der Waals surface area contributed by atoms with Crippen LogP contribution in [0.2, 0.25) is 0 Å². The largest absolute Gasteiger partial charge is 0.444 e. The van der Waals surface area contributed by atoms with Crippen molar-refractivity contribution in [3.8, 4) is 0 Å². The maximum Gasteiger partial charge on any atom is 0.407 e. The molecule has 8 atom stereocenters. The van der Waals surface area contributed by atoms with E-state index in [0.29, 0.717) is 54.8 Å². The highest BCUT2D eigenvalue weighted by atomic mass is 32.2. The van der Waals surface area contributed by atoms with E-state index in [2.05, 4.69) is 86.6 Å². The van der Waals surface area contributed by atoms with Gasteiger partial charge in [-0.3, -0.25) is 4.79 Å². The van der Waals surface area contributed by atoms with E-state index in [4.69, 9.17) is 24.1 Å². The summed E-state index contributed by atoms with van der Waals surface area (Å²) in [5, 5.41) is 23.7. The Kier molecular flexibility index (Phi) is 40.4. The molecule has 13 N–H and O–H groups in total. The molecule has 0 aromatic heterocycles. The average molecular weight is 1390 g/mol. The van der Waals surface area contributed by atoms with Crippen molar-refractivity contribution in [3.05, 3.63) is 142 Å². The molecule has 4 unspecified atom stereocenters. The fraction of sp³-hybridized carbons (Fsp3) is 0.532. The van der Waals surface area contributed by atoms with E-state index in [-0.39, 0.29) is 63.8 Å². The zero-order valence-corrected chi connectivity index (χ0v) is 57.8. The number of halogens is 8. The molecule has 0 aliphatic carbocycles. The molecule has 2 aliphatic heterocycles. The Hall–Kier alpha value is -5.86. The van der Waals surface area contributed by atoms with Gasteiger partial charge in [0.2, 0.25) is 5.91 Å². The molecule has 4 aromatic rings. The van der Waals surface area contributed by atoms with Crippen LogP contribution in [-0.4, -0.2) is 151 Å². The number of benzene rings is 4. The van der Waals surface area contributed by atoms with E-state index in [1.807, 2.05) is 0 Å². The van der Waals surface area contributed by atoms with Crippen LogP contribution in [0.25, 0.3) is 0 Å². The quantitative estimate of drug-likeness (QED) is 0.0129. The van der Waals surface area contributed by atoms with Crippen LogP contribution in [0.15, 0.2) is 72.8 Å². The average Bonchev–Trinajstić information content (AvgIpc) is 1.90. The SMILES string of the molecule is CC(C)(C)OC(=O)NC(Cc1cc(F)cc(F)c1)[C@@H]1CO1.CC(C)(C)OC(=O)NC(Cc1cc(F)cc(F)c1)[C@H]1CS1.CN.CNC[C@@H](S)C(Cc1cc(F)cc(F)c1)NC(=O)OC(C)(C)C.CNC[C@@H](S)C(Cc1cc(F)cc(F)c1)NC(C)=O.CO.NC(N)=S. The number of thiocarbonyl (C=S) groups is 1. The van der Waals surface area contributed by atoms with Gasteiger partial charge in [0, 0.05) is 91.0 Å². The first-order valence-corrected chi connectivity index (χ1v) is 31.2. The maximum absolute atomic E-state index is 13.3. The van der Waals surface area contributed by atoms with Gasteiger partial charge < -0.3 is 73.2 Å². The molecule has 520 valence electrons. The topological polar surface area (TPSA) is 279 Å². The van der Waals surface area contributed by atoms with Crippen molar-refractivity contribution in [2.24, 2.45) is 17.2 Å². The second kappa shape index (κ2) is 43.2. The molecular weight excluding hydrogens is 1290 g/mol. The minimum Gasteiger partial charge on any atom is -0.444 e. The standard InChI is InChI=1S/C16H24F2N2O2S.C15H19F2NO3.C15H19F2NO2S.C13H18F2N2OS.CH4N2S.CH5N.CH4O/c1-16(2,3)22-15(21)20-13(14(23)9-19-4)7-10-5-11(17)8-12(18)6-10;1-15(2,3)21-14(19)18-12(13-8-20-13)6-9-4-10(16)7-11(17)5-9;1-15(2,3)20-14(19)18-12(13-8-21-13)6-9-4-10(16)7-11(17)5-9;1-8(18)17-12(13(19)7-16-2)5-9-3-10(14)6-11(15)4-9;2-1(3)4;2*1-2/h5-6,8,13-14,19,23H,7,9H2,1-4H3,(H,20,21);2*4-5,7,12-13H,6,8H2,1-3H3,(H,18,19);3-4,6,12-13,16,19H,5,7H2,1-2H3,(H,17,18);(H4,2,3,4);2H2,1H3;2H,1H3/t13?,14-;3*12?,13-;;;/m1011.../s1. The molecule has 0 saturated carbocycles. The third-order valence-electron chi connectivity index (χ3n) is 11.4. The molecule has 6 rings (SSSR count). The molecule has 2 fully saturated rings. The number of aliphatic hydroxyl groups is 1. The Balaban J connectivity index is 0.00000116. The van der Waals surface area contributed by atoms with Gasteiger partial charge in [0.1, 0.15) is 69.4 Å². The first kappa shape index (κ1) is 86.1. The summed E-state index contributed by atoms with van der Waals surface area (Å²) >= 11 is 14.6. The van der Waals surface area contributed by atoms with Crippen molar-refractivity contribution < 1.29 is 78.4 Å². The van der Waals surface area contributed by atoms with Crippen molar-refractivity contribution in [2.45, 2.75) is 158 Å². The van der Waals surface area contributed by atoms with Crippen LogP contribution < -0.4 is 49.1 Å². The molecule has 0 spiro atoms. The summed E-state index contributed by atoms with van der Waals surface area (Å²) in [4.78, 5) is 46.8. The fourth-order valence-corrected chi connectivity index (χ4v) is 9.43. The normalized spacial score (nSPS) is 15.5. The minimum atomic E-state index is -0.652. The lowest BCUT2D eigenvalue weighted by molar-refractivity contribution is -0.119. The number of epoxide rings is 1. The number of thioether (sulfide) groups is 1. The van der Waals surface area contributed by atoms with Crippen LogP contribution in [0.1, 0.15) is 91.5 Å². The molecule has 0 bridgehead atoms. The number of aliphatic hydroxyl groups excluding tert-OH is 1. The number of nitrogens with one attached hydrogen (secondary N) is 6. The molecule has 0 radical (unpaired) electrons. The number of thiol groups is 2. The lowest BCUT2D eigenvalue weighted by atomic mass is 10.0. The number of rotatable bonds is 20. The summed E-state index contributed by atoms with van der Waals surface area (Å²) < 4.78 is 127. The van der Waals surface area contributed by atoms with Crippen molar-refractivity contribution in [1.82, 2.24) is 31.9 Å². The van der Waals surface area contributed by atoms with Crippen LogP contribution in [-0.2, 0) is 49.4 Å². The van der Waals surface area contributed by atoms with Crippen LogP contribution in [0.4, 0.5) is 49.5 Å². The van der Waals surface area contributed by atoms with E-state index in [1.165, 1.54) is 62.5 Å². The molecule has 2 saturated heterocycles. The van der Waals surface area contributed by atoms with Gasteiger partial charge in [-0.25, -0.2) is 49.5 Å². The Bertz CT molecular complexity index is 2710. The molecule has 2 heterocycles. The summed E-state index contributed by atoms with van der Waals surface area (Å²) in [5.74, 6) is -4.32. The van der Waals surface area contributed by atoms with Crippen molar-refractivity contribution in [1.29, 1.82) is 0 Å². The summed E-state index contributed by atoms with van der Waals surface area (Å²) in [5.41, 5.74) is 13.9. The lowest BCUT2D eigenvalue weighted by Gasteiger charge is -2.27. The van der Waals surface area contributed by atoms with Crippen LogP contribution >= 0.6 is 49.2 Å². The van der Waals surface area contributed by atoms with Crippen LogP contribution in [0.5, 0.6) is 0 Å². The molecule has 30 heteroatoms. The zero-order chi connectivity index (χ0) is 70.9. The van der Waals surface area contributed by atoms with E-state index in [0.717, 1.165) is 37.1 Å². The zero-order valence-electron chi connectivity index (χ0n) is 54.4. The van der Waals surface area contributed by atoms with Gasteiger partial charge in [0.25, 0.3) is 0 Å². The Morgan fingerprint density at radius 1 is 0.543 bits per heavy atom. The van der Waals surface area contributed by atoms with Crippen molar-refractivity contribution in [2.75, 3.05) is 53.7 Å². The number of nitrogens with two attached hydrogens (primary N) is 3. The van der Waals surface area contributed by atoms with Gasteiger partial charge in [-0.2, -0.15) is 37.0 Å². The first-order valence-electron chi connectivity index (χ1n) is 28.7. The molecular formula is C62H93F8N9O9S4. The molecule has 2 aliphatic rings. The number of amides is 4. The Labute approximate surface area is 556 Å². The second-order valence-electron chi connectivity index (χ2n) is 23.4. The van der Waals surface area contributed by atoms with E-state index in [9.17, 15) is 54.3 Å². The molecule has 92 heavy (non-hydrogen) atoms. The highest BCUT2D eigenvalue weighted by Gasteiger charge is 2.36. The highest BCUT2D eigenvalue weighted by Crippen LogP contribution is 2.35. The highest BCUT2D eigenvalue weighted by molar-refractivity contribution is 8.07. The van der Waals surface area contributed by atoms with Crippen LogP contribution in [0.3, 0.4) is 0 Å². The summed E-state index contributed by atoms with van der Waals surface area (Å²) in [6.07, 6.45) is -0.590. The Morgan fingerprint density at radius 2 is 0.793 bits per heavy atom. The van der Waals surface area contributed by atoms with Crippen molar-refractivity contribution in [3.63, 3.8) is 0 Å². The van der Waals surface area contributed by atoms with Crippen molar-refractivity contribution >= 4 is 78.5 Å². The smallest absolute Gasteiger partial charge is 0.407 e. The van der Waals surface area contributed by atoms with Gasteiger partial charge in [-0.15, -0.1) is 0 Å². The van der Waals surface area contributed by atoms with Gasteiger partial charge in [-0.05, 0) is 192 Å². The predicted octanol–water partition coefficient (Wildman–Crippen LogP) is 9.14. The second-order valence-corrected chi connectivity index (χ2v) is 26.5. The minimum absolute atomic E-state index is 0.000000000000000222. The number of carbonyl (C=O) groups excluding carboxylic acids is 4. The predicted molar refractivity (Wildman–Crippen MR) is 356 cm³/mol.